The molecule has 0 spiro atoms. The van der Waals surface area contributed by atoms with Crippen molar-refractivity contribution in [1.29, 1.82) is 0 Å². The lowest BCUT2D eigenvalue weighted by Gasteiger charge is -2.24. The molecule has 1 aliphatic heterocycles. The van der Waals surface area contributed by atoms with Gasteiger partial charge in [-0.3, -0.25) is 9.36 Å². The second kappa shape index (κ2) is 9.54. The molecule has 0 bridgehead atoms. The summed E-state index contributed by atoms with van der Waals surface area (Å²) >= 11 is 1.31. The van der Waals surface area contributed by atoms with Crippen LogP contribution in [0, 0.1) is 13.8 Å². The minimum atomic E-state index is -0.613. The fourth-order valence-electron chi connectivity index (χ4n) is 4.56. The van der Waals surface area contributed by atoms with Gasteiger partial charge in [0.1, 0.15) is 0 Å². The zero-order valence-corrected chi connectivity index (χ0v) is 21.4. The maximum absolute atomic E-state index is 13.8. The van der Waals surface area contributed by atoms with E-state index in [0.717, 1.165) is 28.2 Å². The summed E-state index contributed by atoms with van der Waals surface area (Å²) in [6, 6.07) is 18.8. The van der Waals surface area contributed by atoms with Crippen molar-refractivity contribution >= 4 is 23.4 Å². The van der Waals surface area contributed by atoms with Gasteiger partial charge in [0.25, 0.3) is 5.56 Å². The number of benzene rings is 2. The topological polar surface area (TPSA) is 78.5 Å². The molecule has 0 radical (unpaired) electrons. The van der Waals surface area contributed by atoms with E-state index in [0.29, 0.717) is 20.6 Å². The van der Waals surface area contributed by atoms with Crippen molar-refractivity contribution in [3.8, 4) is 5.69 Å². The molecule has 1 atom stereocenters. The fraction of sp³-hybridized carbons (Fsp3) is 0.214. The minimum absolute atomic E-state index is 0.201. The van der Waals surface area contributed by atoms with Crippen molar-refractivity contribution in [1.82, 2.24) is 14.3 Å². The maximum atomic E-state index is 13.8. The number of allylic oxidation sites excluding steroid dienone is 1. The third-order valence-electron chi connectivity index (χ3n) is 6.26. The number of thiazole rings is 1. The Labute approximate surface area is 212 Å². The number of rotatable bonds is 5. The van der Waals surface area contributed by atoms with Crippen LogP contribution < -0.4 is 14.9 Å². The molecule has 0 amide bonds. The molecule has 182 valence electrons. The first-order valence-electron chi connectivity index (χ1n) is 11.8. The highest BCUT2D eigenvalue weighted by atomic mass is 32.1. The van der Waals surface area contributed by atoms with Crippen LogP contribution in [0.1, 0.15) is 42.4 Å². The van der Waals surface area contributed by atoms with Crippen LogP contribution in [0.3, 0.4) is 0 Å². The van der Waals surface area contributed by atoms with Gasteiger partial charge in [0, 0.05) is 11.3 Å². The molecule has 0 fully saturated rings. The Morgan fingerprint density at radius 3 is 2.39 bits per heavy atom. The van der Waals surface area contributed by atoms with Gasteiger partial charge >= 0.3 is 5.97 Å². The minimum Gasteiger partial charge on any atom is -0.463 e. The number of aromatic nitrogens is 3. The number of ether oxygens (including phenoxy) is 1. The molecule has 5 rings (SSSR count). The Kier molecular flexibility index (Phi) is 6.28. The van der Waals surface area contributed by atoms with Gasteiger partial charge in [-0.2, -0.15) is 5.10 Å². The highest BCUT2D eigenvalue weighted by Crippen LogP contribution is 2.30. The van der Waals surface area contributed by atoms with Gasteiger partial charge in [0.05, 0.1) is 39.8 Å². The Morgan fingerprint density at radius 1 is 1.06 bits per heavy atom. The quantitative estimate of drug-likeness (QED) is 0.394. The van der Waals surface area contributed by atoms with Crippen molar-refractivity contribution in [2.24, 2.45) is 4.99 Å². The summed E-state index contributed by atoms with van der Waals surface area (Å²) < 4.78 is 9.37. The summed E-state index contributed by atoms with van der Waals surface area (Å²) in [7, 11) is 0. The Balaban J connectivity index is 1.70. The molecule has 0 N–H and O–H groups in total. The maximum Gasteiger partial charge on any atom is 0.338 e. The molecule has 2 aromatic carbocycles. The Bertz CT molecular complexity index is 1660. The molecule has 36 heavy (non-hydrogen) atoms. The third-order valence-corrected chi connectivity index (χ3v) is 7.24. The summed E-state index contributed by atoms with van der Waals surface area (Å²) in [5.74, 6) is -0.460. The average Bonchev–Trinajstić information content (AvgIpc) is 3.34. The number of hydrogen-bond donors (Lipinski definition) is 0. The van der Waals surface area contributed by atoms with Gasteiger partial charge in [-0.1, -0.05) is 59.9 Å². The van der Waals surface area contributed by atoms with Crippen LogP contribution in [0.25, 0.3) is 11.8 Å². The van der Waals surface area contributed by atoms with Crippen LogP contribution in [0.4, 0.5) is 0 Å². The Hall–Kier alpha value is -4.04. The van der Waals surface area contributed by atoms with E-state index in [-0.39, 0.29) is 12.2 Å². The van der Waals surface area contributed by atoms with E-state index in [1.54, 1.807) is 18.4 Å². The molecule has 8 heteroatoms. The van der Waals surface area contributed by atoms with E-state index in [1.807, 2.05) is 85.3 Å². The number of carbonyl (C=O) groups excluding carboxylic acids is 1. The van der Waals surface area contributed by atoms with Crippen LogP contribution in [-0.4, -0.2) is 26.9 Å². The van der Waals surface area contributed by atoms with Crippen LogP contribution in [0.15, 0.2) is 81.7 Å². The lowest BCUT2D eigenvalue weighted by Crippen LogP contribution is -2.39. The number of aryl methyl sites for hydroxylation is 1. The van der Waals surface area contributed by atoms with E-state index in [1.165, 1.54) is 11.3 Å². The lowest BCUT2D eigenvalue weighted by atomic mass is 9.96. The molecule has 0 aliphatic carbocycles. The van der Waals surface area contributed by atoms with Crippen molar-refractivity contribution in [3.05, 3.63) is 114 Å². The summed E-state index contributed by atoms with van der Waals surface area (Å²) in [6.45, 7) is 7.72. The van der Waals surface area contributed by atoms with E-state index < -0.39 is 12.0 Å². The highest BCUT2D eigenvalue weighted by molar-refractivity contribution is 7.07. The first-order valence-corrected chi connectivity index (χ1v) is 12.6. The van der Waals surface area contributed by atoms with Gasteiger partial charge in [-0.25, -0.2) is 14.5 Å². The molecule has 0 unspecified atom stereocenters. The predicted molar refractivity (Wildman–Crippen MR) is 140 cm³/mol. The zero-order chi connectivity index (χ0) is 25.4. The smallest absolute Gasteiger partial charge is 0.338 e. The second-order valence-electron chi connectivity index (χ2n) is 8.54. The molecule has 0 saturated carbocycles. The number of nitrogens with zero attached hydrogens (tertiary/aromatic N) is 4. The van der Waals surface area contributed by atoms with E-state index in [4.69, 9.17) is 9.84 Å². The van der Waals surface area contributed by atoms with Crippen molar-refractivity contribution in [2.45, 2.75) is 33.7 Å². The van der Waals surface area contributed by atoms with Gasteiger partial charge < -0.3 is 4.74 Å². The molecule has 1 aliphatic rings. The lowest BCUT2D eigenvalue weighted by molar-refractivity contribution is -0.139. The first-order chi connectivity index (χ1) is 17.4. The molecule has 0 saturated heterocycles. The summed E-state index contributed by atoms with van der Waals surface area (Å²) in [5, 5.41) is 4.71. The highest BCUT2D eigenvalue weighted by Gasteiger charge is 2.33. The van der Waals surface area contributed by atoms with Crippen LogP contribution in [-0.2, 0) is 9.53 Å². The van der Waals surface area contributed by atoms with Crippen LogP contribution in [0.2, 0.25) is 0 Å². The van der Waals surface area contributed by atoms with Gasteiger partial charge in [0.15, 0.2) is 4.80 Å². The Morgan fingerprint density at radius 2 is 1.72 bits per heavy atom. The molecule has 3 heterocycles. The van der Waals surface area contributed by atoms with E-state index in [9.17, 15) is 9.59 Å². The second-order valence-corrected chi connectivity index (χ2v) is 9.55. The summed E-state index contributed by atoms with van der Waals surface area (Å²) in [5.41, 5.74) is 5.17. The SMILES string of the molecule is CCOC(=O)C1=C(C)N=c2s/c(=C\c3c(C)nn(-c4ccccc4)c3C)c(=O)n2[C@@H]1c1ccccc1. The number of hydrogen-bond acceptors (Lipinski definition) is 6. The number of fused-ring (bicyclic) bond motifs is 1. The van der Waals surface area contributed by atoms with Crippen molar-refractivity contribution in [2.75, 3.05) is 6.61 Å². The molecule has 7 nitrogen and oxygen atoms in total. The van der Waals surface area contributed by atoms with E-state index in [2.05, 4.69) is 4.99 Å². The largest absolute Gasteiger partial charge is 0.463 e. The normalized spacial score (nSPS) is 15.6. The van der Waals surface area contributed by atoms with Gasteiger partial charge in [-0.05, 0) is 51.5 Å². The summed E-state index contributed by atoms with van der Waals surface area (Å²) in [4.78, 5) is 32.0. The fourth-order valence-corrected chi connectivity index (χ4v) is 5.59. The average molecular weight is 499 g/mol. The zero-order valence-electron chi connectivity index (χ0n) is 20.6. The molecule has 4 aromatic rings. The van der Waals surface area contributed by atoms with Crippen LogP contribution >= 0.6 is 11.3 Å². The monoisotopic (exact) mass is 498 g/mol. The van der Waals surface area contributed by atoms with Gasteiger partial charge in [-0.15, -0.1) is 0 Å². The van der Waals surface area contributed by atoms with Gasteiger partial charge in [0.2, 0.25) is 0 Å². The number of esters is 1. The van der Waals surface area contributed by atoms with Crippen molar-refractivity contribution < 1.29 is 9.53 Å². The summed E-state index contributed by atoms with van der Waals surface area (Å²) in [6.07, 6.45) is 1.88. The first kappa shape index (κ1) is 23.7. The molecular weight excluding hydrogens is 472 g/mol. The van der Waals surface area contributed by atoms with E-state index >= 15 is 0 Å². The predicted octanol–water partition coefficient (Wildman–Crippen LogP) is 3.60. The number of carbonyl (C=O) groups is 1. The standard InChI is InChI=1S/C28H26N4O3S/c1-5-35-27(34)24-18(3)29-28-31(25(24)20-12-8-6-9-13-20)26(33)23(36-28)16-22-17(2)30-32(19(22)4)21-14-10-7-11-15-21/h6-16,25H,5H2,1-4H3/b23-16-/t25-/m1/s1. The molecular formula is C28H26N4O3S. The number of para-hydroxylation sites is 1. The molecule has 2 aromatic heterocycles. The third kappa shape index (κ3) is 4.03. The van der Waals surface area contributed by atoms with Crippen molar-refractivity contribution in [3.63, 3.8) is 0 Å². The van der Waals surface area contributed by atoms with Crippen LogP contribution in [0.5, 0.6) is 0 Å².